The summed E-state index contributed by atoms with van der Waals surface area (Å²) in [5.41, 5.74) is 1.23. The maximum absolute atomic E-state index is 13.0. The molecule has 0 aliphatic carbocycles. The second-order valence-corrected chi connectivity index (χ2v) is 9.49. The summed E-state index contributed by atoms with van der Waals surface area (Å²) in [4.78, 5) is 16.7. The van der Waals surface area contributed by atoms with Crippen LogP contribution in [-0.4, -0.2) is 50.5 Å². The second kappa shape index (κ2) is 9.23. The zero-order valence-electron chi connectivity index (χ0n) is 17.1. The number of halogens is 1. The van der Waals surface area contributed by atoms with E-state index in [4.69, 9.17) is 16.0 Å². The Labute approximate surface area is 191 Å². The van der Waals surface area contributed by atoms with Crippen LogP contribution in [-0.2, 0) is 16.6 Å². The van der Waals surface area contributed by atoms with E-state index in [0.29, 0.717) is 31.9 Å². The molecule has 0 unspecified atom stereocenters. The van der Waals surface area contributed by atoms with E-state index in [1.807, 2.05) is 12.1 Å². The second-order valence-electron chi connectivity index (χ2n) is 7.34. The average Bonchev–Trinajstić information content (AvgIpc) is 3.32. The Morgan fingerprint density at radius 1 is 1.06 bits per heavy atom. The predicted molar refractivity (Wildman–Crippen MR) is 120 cm³/mol. The van der Waals surface area contributed by atoms with Gasteiger partial charge in [-0.1, -0.05) is 11.6 Å². The van der Waals surface area contributed by atoms with Crippen LogP contribution in [0.5, 0.6) is 5.75 Å². The number of benzene rings is 2. The lowest BCUT2D eigenvalue weighted by Gasteiger charge is -2.36. The molecule has 8 nitrogen and oxygen atoms in total. The van der Waals surface area contributed by atoms with Crippen molar-refractivity contribution in [3.8, 4) is 5.75 Å². The lowest BCUT2D eigenvalue weighted by Crippen LogP contribution is -2.48. The smallest absolute Gasteiger partial charge is 0.254 e. The van der Waals surface area contributed by atoms with Gasteiger partial charge in [0.2, 0.25) is 10.0 Å². The summed E-state index contributed by atoms with van der Waals surface area (Å²) in [6.45, 7) is 2.20. The summed E-state index contributed by atoms with van der Waals surface area (Å²) in [6.07, 6.45) is 1.46. The van der Waals surface area contributed by atoms with Crippen LogP contribution in [0.1, 0.15) is 16.1 Å². The molecule has 4 rings (SSSR count). The minimum atomic E-state index is -3.94. The third-order valence-corrected chi connectivity index (χ3v) is 7.15. The van der Waals surface area contributed by atoms with Gasteiger partial charge in [-0.25, -0.2) is 13.1 Å². The lowest BCUT2D eigenvalue weighted by molar-refractivity contribution is 0.0746. The molecule has 3 aromatic rings. The van der Waals surface area contributed by atoms with Gasteiger partial charge in [0, 0.05) is 37.4 Å². The predicted octanol–water partition coefficient (Wildman–Crippen LogP) is 3.08. The first-order chi connectivity index (χ1) is 15.3. The van der Waals surface area contributed by atoms with Gasteiger partial charge >= 0.3 is 0 Å². The molecule has 1 aliphatic heterocycles. The number of carbonyl (C=O) groups excluding carboxylic acids is 1. The number of nitrogens with zero attached hydrogens (tertiary/aromatic N) is 2. The SMILES string of the molecule is O=C(c1ccc(Cl)c(S(=O)(=O)NCc2ccco2)c1)N1CCN(c2ccc(O)cc2)CC1. The molecule has 0 bridgehead atoms. The Balaban J connectivity index is 1.44. The van der Waals surface area contributed by atoms with E-state index >= 15 is 0 Å². The van der Waals surface area contributed by atoms with Crippen molar-refractivity contribution in [1.82, 2.24) is 9.62 Å². The molecular formula is C22H22ClN3O5S. The summed E-state index contributed by atoms with van der Waals surface area (Å²) >= 11 is 6.14. The number of phenolic OH excluding ortho intramolecular Hbond substituents is 1. The van der Waals surface area contributed by atoms with E-state index in [1.54, 1.807) is 29.2 Å². The first-order valence-electron chi connectivity index (χ1n) is 9.98. The molecule has 0 atom stereocenters. The van der Waals surface area contributed by atoms with E-state index in [1.165, 1.54) is 24.5 Å². The van der Waals surface area contributed by atoms with Crippen LogP contribution in [0.4, 0.5) is 5.69 Å². The van der Waals surface area contributed by atoms with E-state index in [-0.39, 0.29) is 33.7 Å². The van der Waals surface area contributed by atoms with Crippen LogP contribution in [0.15, 0.2) is 70.2 Å². The largest absolute Gasteiger partial charge is 0.508 e. The van der Waals surface area contributed by atoms with Crippen molar-refractivity contribution in [1.29, 1.82) is 0 Å². The van der Waals surface area contributed by atoms with Crippen LogP contribution in [0.25, 0.3) is 0 Å². The van der Waals surface area contributed by atoms with Crippen LogP contribution >= 0.6 is 11.6 Å². The van der Waals surface area contributed by atoms with Crippen molar-refractivity contribution in [3.63, 3.8) is 0 Å². The number of hydrogen-bond donors (Lipinski definition) is 2. The van der Waals surface area contributed by atoms with Gasteiger partial charge in [0.05, 0.1) is 17.8 Å². The molecule has 1 saturated heterocycles. The van der Waals surface area contributed by atoms with E-state index < -0.39 is 10.0 Å². The molecule has 1 amide bonds. The minimum absolute atomic E-state index is 0.0247. The third kappa shape index (κ3) is 4.90. The molecule has 1 aromatic heterocycles. The fourth-order valence-electron chi connectivity index (χ4n) is 3.51. The summed E-state index contributed by atoms with van der Waals surface area (Å²) in [5.74, 6) is 0.410. The molecule has 1 fully saturated rings. The van der Waals surface area contributed by atoms with Crippen molar-refractivity contribution in [2.24, 2.45) is 0 Å². The number of sulfonamides is 1. The maximum atomic E-state index is 13.0. The van der Waals surface area contributed by atoms with Gasteiger partial charge in [0.15, 0.2) is 0 Å². The third-order valence-electron chi connectivity index (χ3n) is 5.27. The van der Waals surface area contributed by atoms with Crippen LogP contribution in [0.2, 0.25) is 5.02 Å². The first-order valence-corrected chi connectivity index (χ1v) is 11.8. The number of furan rings is 1. The molecule has 0 spiro atoms. The van der Waals surface area contributed by atoms with Gasteiger partial charge in [-0.15, -0.1) is 0 Å². The summed E-state index contributed by atoms with van der Waals surface area (Å²) in [7, 11) is -3.94. The fraction of sp³-hybridized carbons (Fsp3) is 0.227. The Bertz CT molecular complexity index is 1190. The van der Waals surface area contributed by atoms with Crippen molar-refractivity contribution in [3.05, 3.63) is 77.2 Å². The number of anilines is 1. The van der Waals surface area contributed by atoms with Crippen LogP contribution in [0.3, 0.4) is 0 Å². The van der Waals surface area contributed by atoms with Crippen molar-refractivity contribution in [2.45, 2.75) is 11.4 Å². The summed E-state index contributed by atoms with van der Waals surface area (Å²) in [6, 6.07) is 14.5. The highest BCUT2D eigenvalue weighted by molar-refractivity contribution is 7.89. The van der Waals surface area contributed by atoms with Gasteiger partial charge in [-0.3, -0.25) is 4.79 Å². The van der Waals surface area contributed by atoms with Crippen molar-refractivity contribution >= 4 is 33.2 Å². The number of amides is 1. The molecule has 168 valence electrons. The van der Waals surface area contributed by atoms with E-state index in [0.717, 1.165) is 5.69 Å². The minimum Gasteiger partial charge on any atom is -0.508 e. The van der Waals surface area contributed by atoms with Crippen molar-refractivity contribution in [2.75, 3.05) is 31.1 Å². The van der Waals surface area contributed by atoms with Gasteiger partial charge in [0.1, 0.15) is 16.4 Å². The van der Waals surface area contributed by atoms with Gasteiger partial charge in [-0.05, 0) is 54.6 Å². The lowest BCUT2D eigenvalue weighted by atomic mass is 10.1. The summed E-state index contributed by atoms with van der Waals surface area (Å²) in [5, 5.41) is 9.48. The average molecular weight is 476 g/mol. The zero-order valence-corrected chi connectivity index (χ0v) is 18.6. The highest BCUT2D eigenvalue weighted by Gasteiger charge is 2.25. The van der Waals surface area contributed by atoms with Crippen LogP contribution < -0.4 is 9.62 Å². The molecular weight excluding hydrogens is 454 g/mol. The van der Waals surface area contributed by atoms with Gasteiger partial charge in [0.25, 0.3) is 5.91 Å². The maximum Gasteiger partial charge on any atom is 0.254 e. The molecule has 1 aliphatic rings. The molecule has 2 aromatic carbocycles. The molecule has 0 radical (unpaired) electrons. The highest BCUT2D eigenvalue weighted by Crippen LogP contribution is 2.25. The summed E-state index contributed by atoms with van der Waals surface area (Å²) < 4.78 is 33.1. The number of rotatable bonds is 6. The monoisotopic (exact) mass is 475 g/mol. The molecule has 0 saturated carbocycles. The van der Waals surface area contributed by atoms with Gasteiger partial charge < -0.3 is 19.3 Å². The number of hydrogen-bond acceptors (Lipinski definition) is 6. The van der Waals surface area contributed by atoms with Crippen LogP contribution in [0, 0.1) is 0 Å². The number of carbonyl (C=O) groups is 1. The number of aromatic hydroxyl groups is 1. The fourth-order valence-corrected chi connectivity index (χ4v) is 5.03. The first kappa shape index (κ1) is 22.2. The Hall–Kier alpha value is -3.01. The topological polar surface area (TPSA) is 103 Å². The molecule has 2 N–H and O–H groups in total. The number of piperazine rings is 1. The zero-order chi connectivity index (χ0) is 22.7. The molecule has 10 heteroatoms. The molecule has 32 heavy (non-hydrogen) atoms. The normalized spacial score (nSPS) is 14.5. The Morgan fingerprint density at radius 2 is 1.78 bits per heavy atom. The van der Waals surface area contributed by atoms with Crippen molar-refractivity contribution < 1.29 is 22.7 Å². The highest BCUT2D eigenvalue weighted by atomic mass is 35.5. The van der Waals surface area contributed by atoms with E-state index in [2.05, 4.69) is 9.62 Å². The Kier molecular flexibility index (Phi) is 6.40. The molecule has 2 heterocycles. The number of phenols is 1. The Morgan fingerprint density at radius 3 is 2.44 bits per heavy atom. The van der Waals surface area contributed by atoms with Gasteiger partial charge in [-0.2, -0.15) is 0 Å². The van der Waals surface area contributed by atoms with E-state index in [9.17, 15) is 18.3 Å². The number of nitrogens with one attached hydrogen (secondary N) is 1. The quantitative estimate of drug-likeness (QED) is 0.568. The standard InChI is InChI=1S/C22H22ClN3O5S/c23-20-8-3-16(14-21(20)32(29,30)24-15-19-2-1-13-31-19)22(28)26-11-9-25(10-12-26)17-4-6-18(27)7-5-17/h1-8,13-14,24,27H,9-12,15H2.